The number of aromatic carboxylic acids is 1. The van der Waals surface area contributed by atoms with E-state index in [0.29, 0.717) is 5.69 Å². The lowest BCUT2D eigenvalue weighted by atomic mass is 10.2. The molecule has 0 saturated heterocycles. The van der Waals surface area contributed by atoms with Crippen LogP contribution in [-0.4, -0.2) is 18.1 Å². The molecule has 0 aliphatic rings. The number of nitrogen functional groups attached to an aromatic ring is 1. The Kier molecular flexibility index (Phi) is 4.48. The fourth-order valence-electron chi connectivity index (χ4n) is 0.692. The first-order chi connectivity index (χ1) is 5.72. The van der Waals surface area contributed by atoms with Crippen LogP contribution in [0, 0.1) is 0 Å². The zero-order valence-corrected chi connectivity index (χ0v) is 6.82. The first kappa shape index (κ1) is 10.4. The third-order valence-corrected chi connectivity index (χ3v) is 1.19. The Morgan fingerprint density at radius 3 is 2.17 bits per heavy atom. The summed E-state index contributed by atoms with van der Waals surface area (Å²) in [5, 5.41) is 8.49. The minimum absolute atomic E-state index is 0.155. The number of anilines is 1. The zero-order valence-electron chi connectivity index (χ0n) is 6.82. The molecule has 0 bridgehead atoms. The van der Waals surface area contributed by atoms with Gasteiger partial charge in [0.1, 0.15) is 0 Å². The largest absolute Gasteiger partial charge is 0.478 e. The van der Waals surface area contributed by atoms with Crippen molar-refractivity contribution in [3.63, 3.8) is 0 Å². The Bertz CT molecular complexity index is 261. The molecule has 5 N–H and O–H groups in total. The Morgan fingerprint density at radius 1 is 1.33 bits per heavy atom. The van der Waals surface area contributed by atoms with Crippen LogP contribution in [0.2, 0.25) is 0 Å². The summed E-state index contributed by atoms with van der Waals surface area (Å²) in [6.07, 6.45) is 0. The van der Waals surface area contributed by atoms with Gasteiger partial charge in [0.2, 0.25) is 0 Å². The molecule has 1 aromatic carbocycles. The molecule has 0 heterocycles. The molecule has 0 amide bonds. The smallest absolute Gasteiger partial charge is 0.337 e. The van der Waals surface area contributed by atoms with E-state index in [1.54, 1.807) is 18.2 Å². The molecule has 0 aliphatic heterocycles. The van der Waals surface area contributed by atoms with Crippen molar-refractivity contribution in [1.82, 2.24) is 0 Å². The van der Waals surface area contributed by atoms with Gasteiger partial charge in [-0.1, -0.05) is 12.1 Å². The lowest BCUT2D eigenvalue weighted by Gasteiger charge is -1.96. The van der Waals surface area contributed by atoms with Gasteiger partial charge in [0, 0.05) is 5.69 Å². The van der Waals surface area contributed by atoms with Gasteiger partial charge in [-0.25, -0.2) is 4.79 Å². The van der Waals surface area contributed by atoms with Crippen LogP contribution in [0.25, 0.3) is 0 Å². The molecule has 0 aromatic heterocycles. The van der Waals surface area contributed by atoms with Crippen molar-refractivity contribution in [3.8, 4) is 0 Å². The van der Waals surface area contributed by atoms with Crippen LogP contribution in [0.1, 0.15) is 10.4 Å². The van der Waals surface area contributed by atoms with Gasteiger partial charge in [-0.2, -0.15) is 0 Å². The van der Waals surface area contributed by atoms with Gasteiger partial charge in [0.05, 0.1) is 5.56 Å². The standard InChI is InChI=1S/C7H7NO2.CH5N/c8-6-4-2-1-3-5(6)7(9)10;1-2/h1-4H,8H2,(H,9,10);2H2,1H3. The van der Waals surface area contributed by atoms with Crippen molar-refractivity contribution in [1.29, 1.82) is 0 Å². The highest BCUT2D eigenvalue weighted by Crippen LogP contribution is 2.08. The normalized spacial score (nSPS) is 8.17. The molecule has 1 rings (SSSR count). The molecule has 1 aromatic rings. The van der Waals surface area contributed by atoms with Gasteiger partial charge in [-0.3, -0.25) is 0 Å². The van der Waals surface area contributed by atoms with E-state index in [1.165, 1.54) is 13.1 Å². The molecular formula is C8H12N2O2. The molecule has 0 spiro atoms. The number of nitrogens with two attached hydrogens (primary N) is 2. The van der Waals surface area contributed by atoms with Gasteiger partial charge in [-0.15, -0.1) is 0 Å². The van der Waals surface area contributed by atoms with Crippen LogP contribution in [0.4, 0.5) is 5.69 Å². The van der Waals surface area contributed by atoms with E-state index in [4.69, 9.17) is 10.8 Å². The third kappa shape index (κ3) is 2.59. The lowest BCUT2D eigenvalue weighted by Crippen LogP contribution is -2.00. The molecule has 0 aliphatic carbocycles. The van der Waals surface area contributed by atoms with E-state index in [9.17, 15) is 4.79 Å². The van der Waals surface area contributed by atoms with Gasteiger partial charge >= 0.3 is 5.97 Å². The fraction of sp³-hybridized carbons (Fsp3) is 0.125. The van der Waals surface area contributed by atoms with Crippen molar-refractivity contribution in [2.24, 2.45) is 5.73 Å². The Morgan fingerprint density at radius 2 is 1.83 bits per heavy atom. The predicted octanol–water partition coefficient (Wildman–Crippen LogP) is 0.542. The summed E-state index contributed by atoms with van der Waals surface area (Å²) < 4.78 is 0. The molecule has 0 atom stereocenters. The fourth-order valence-corrected chi connectivity index (χ4v) is 0.692. The highest BCUT2D eigenvalue weighted by Gasteiger charge is 2.03. The van der Waals surface area contributed by atoms with Crippen molar-refractivity contribution >= 4 is 11.7 Å². The van der Waals surface area contributed by atoms with E-state index in [2.05, 4.69) is 5.73 Å². The molecule has 0 fully saturated rings. The van der Waals surface area contributed by atoms with Crippen LogP contribution in [0.3, 0.4) is 0 Å². The van der Waals surface area contributed by atoms with Gasteiger partial charge < -0.3 is 16.6 Å². The topological polar surface area (TPSA) is 89.3 Å². The first-order valence-corrected chi connectivity index (χ1v) is 3.37. The summed E-state index contributed by atoms with van der Waals surface area (Å²) in [6, 6.07) is 6.36. The van der Waals surface area contributed by atoms with E-state index in [-0.39, 0.29) is 5.56 Å². The summed E-state index contributed by atoms with van der Waals surface area (Å²) in [7, 11) is 1.50. The molecule has 0 saturated carbocycles. The summed E-state index contributed by atoms with van der Waals surface area (Å²) in [5.74, 6) is -0.988. The molecule has 66 valence electrons. The van der Waals surface area contributed by atoms with E-state index in [0.717, 1.165) is 0 Å². The van der Waals surface area contributed by atoms with Gasteiger partial charge in [0.25, 0.3) is 0 Å². The Labute approximate surface area is 70.8 Å². The molecule has 0 radical (unpaired) electrons. The van der Waals surface area contributed by atoms with Crippen LogP contribution in [0.15, 0.2) is 24.3 Å². The van der Waals surface area contributed by atoms with Crippen molar-refractivity contribution in [2.45, 2.75) is 0 Å². The van der Waals surface area contributed by atoms with Crippen LogP contribution < -0.4 is 11.5 Å². The van der Waals surface area contributed by atoms with E-state index < -0.39 is 5.97 Å². The van der Waals surface area contributed by atoms with Crippen molar-refractivity contribution in [3.05, 3.63) is 29.8 Å². The minimum Gasteiger partial charge on any atom is -0.478 e. The van der Waals surface area contributed by atoms with Crippen LogP contribution >= 0.6 is 0 Å². The molecule has 4 heteroatoms. The third-order valence-electron chi connectivity index (χ3n) is 1.19. The molecule has 0 unspecified atom stereocenters. The number of rotatable bonds is 1. The second-order valence-corrected chi connectivity index (χ2v) is 1.89. The van der Waals surface area contributed by atoms with E-state index >= 15 is 0 Å². The lowest BCUT2D eigenvalue weighted by molar-refractivity contribution is 0.0698. The van der Waals surface area contributed by atoms with Crippen molar-refractivity contribution in [2.75, 3.05) is 12.8 Å². The molecule has 4 nitrogen and oxygen atoms in total. The molecule has 12 heavy (non-hydrogen) atoms. The quantitative estimate of drug-likeness (QED) is 0.534. The van der Waals surface area contributed by atoms with Crippen LogP contribution in [0.5, 0.6) is 0 Å². The summed E-state index contributed by atoms with van der Waals surface area (Å²) in [5.41, 5.74) is 10.3. The number of benzene rings is 1. The van der Waals surface area contributed by atoms with Crippen LogP contribution in [-0.2, 0) is 0 Å². The second kappa shape index (κ2) is 5.15. The van der Waals surface area contributed by atoms with Gasteiger partial charge in [0.15, 0.2) is 0 Å². The Hall–Kier alpha value is -1.55. The number of carboxylic acids is 1. The minimum atomic E-state index is -0.988. The van der Waals surface area contributed by atoms with E-state index in [1.807, 2.05) is 0 Å². The average Bonchev–Trinajstić information content (AvgIpc) is 2.08. The predicted molar refractivity (Wildman–Crippen MR) is 47.9 cm³/mol. The first-order valence-electron chi connectivity index (χ1n) is 3.37. The SMILES string of the molecule is CN.Nc1ccccc1C(=O)O. The maximum absolute atomic E-state index is 10.3. The number of hydrogen-bond acceptors (Lipinski definition) is 3. The summed E-state index contributed by atoms with van der Waals surface area (Å²) >= 11 is 0. The number of carbonyl (C=O) groups is 1. The van der Waals surface area contributed by atoms with Crippen molar-refractivity contribution < 1.29 is 9.90 Å². The maximum atomic E-state index is 10.3. The number of carboxylic acid groups (broad SMARTS) is 1. The average molecular weight is 168 g/mol. The summed E-state index contributed by atoms with van der Waals surface area (Å²) in [6.45, 7) is 0. The number of hydrogen-bond donors (Lipinski definition) is 3. The summed E-state index contributed by atoms with van der Waals surface area (Å²) in [4.78, 5) is 10.3. The second-order valence-electron chi connectivity index (χ2n) is 1.89. The maximum Gasteiger partial charge on any atom is 0.337 e. The number of para-hydroxylation sites is 1. The highest BCUT2D eigenvalue weighted by molar-refractivity contribution is 5.93. The highest BCUT2D eigenvalue weighted by atomic mass is 16.4. The monoisotopic (exact) mass is 168 g/mol. The molecular weight excluding hydrogens is 156 g/mol. The Balaban J connectivity index is 0.000000561. The zero-order chi connectivity index (χ0) is 9.56. The van der Waals surface area contributed by atoms with Gasteiger partial charge in [-0.05, 0) is 19.2 Å².